The number of benzene rings is 2. The molecule has 0 radical (unpaired) electrons. The highest BCUT2D eigenvalue weighted by Gasteiger charge is 2.10. The number of fused-ring (bicyclic) bond motifs is 1. The van der Waals surface area contributed by atoms with E-state index in [1.165, 1.54) is 0 Å². The molecule has 0 amide bonds. The van der Waals surface area contributed by atoms with Crippen LogP contribution in [0.25, 0.3) is 22.3 Å². The molecule has 0 unspecified atom stereocenters. The topological polar surface area (TPSA) is 30.2 Å². The normalized spacial score (nSPS) is 10.8. The second kappa shape index (κ2) is 5.24. The molecule has 0 aliphatic rings. The summed E-state index contributed by atoms with van der Waals surface area (Å²) in [7, 11) is 0. The van der Waals surface area contributed by atoms with Crippen molar-refractivity contribution in [2.75, 3.05) is 0 Å². The molecule has 0 saturated carbocycles. The van der Waals surface area contributed by atoms with Crippen LogP contribution in [-0.4, -0.2) is 0 Å². The van der Waals surface area contributed by atoms with Gasteiger partial charge in [0.1, 0.15) is 5.76 Å². The first-order valence-corrected chi connectivity index (χ1v) is 7.79. The fourth-order valence-electron chi connectivity index (χ4n) is 1.93. The third-order valence-electron chi connectivity index (χ3n) is 2.81. The molecule has 0 fully saturated rings. The van der Waals surface area contributed by atoms with Gasteiger partial charge in [-0.3, -0.25) is 4.79 Å². The third-order valence-corrected chi connectivity index (χ3v) is 4.23. The Morgan fingerprint density at radius 1 is 0.947 bits per heavy atom. The zero-order valence-electron chi connectivity index (χ0n) is 9.69. The smallest absolute Gasteiger partial charge is 0.193 e. The van der Waals surface area contributed by atoms with Gasteiger partial charge in [0.15, 0.2) is 11.0 Å². The van der Waals surface area contributed by atoms with Gasteiger partial charge in [-0.05, 0) is 57.3 Å². The summed E-state index contributed by atoms with van der Waals surface area (Å²) >= 11 is 4.40. The molecule has 0 spiro atoms. The summed E-state index contributed by atoms with van der Waals surface area (Å²) in [6.45, 7) is 0. The first-order valence-electron chi connectivity index (χ1n) is 5.63. The van der Waals surface area contributed by atoms with Crippen LogP contribution in [0, 0.1) is 7.14 Å². The number of hydrogen-bond acceptors (Lipinski definition) is 2. The molecule has 2 aromatic carbocycles. The van der Waals surface area contributed by atoms with Crippen LogP contribution in [0.2, 0.25) is 0 Å². The Kier molecular flexibility index (Phi) is 3.62. The first-order chi connectivity index (χ1) is 9.15. The molecular formula is C15H8I2O2. The SMILES string of the molecule is O=c1cc(-c2ccccc2)oc2c(I)cc(I)cc12. The lowest BCUT2D eigenvalue weighted by Gasteiger charge is -2.05. The van der Waals surface area contributed by atoms with E-state index >= 15 is 0 Å². The molecule has 0 aliphatic heterocycles. The minimum Gasteiger partial charge on any atom is -0.455 e. The number of hydrogen-bond donors (Lipinski definition) is 0. The lowest BCUT2D eigenvalue weighted by atomic mass is 10.1. The molecule has 3 rings (SSSR count). The summed E-state index contributed by atoms with van der Waals surface area (Å²) in [5, 5.41) is 0.635. The minimum absolute atomic E-state index is 0.00321. The molecule has 0 N–H and O–H groups in total. The molecular weight excluding hydrogens is 466 g/mol. The van der Waals surface area contributed by atoms with Crippen LogP contribution >= 0.6 is 45.2 Å². The highest BCUT2D eigenvalue weighted by atomic mass is 127. The van der Waals surface area contributed by atoms with E-state index in [-0.39, 0.29) is 5.43 Å². The van der Waals surface area contributed by atoms with Crippen molar-refractivity contribution in [3.63, 3.8) is 0 Å². The van der Waals surface area contributed by atoms with Gasteiger partial charge in [0.05, 0.1) is 8.96 Å². The fraction of sp³-hybridized carbons (Fsp3) is 0. The highest BCUT2D eigenvalue weighted by Crippen LogP contribution is 2.26. The van der Waals surface area contributed by atoms with E-state index in [1.54, 1.807) is 6.07 Å². The van der Waals surface area contributed by atoms with Crippen molar-refractivity contribution in [2.45, 2.75) is 0 Å². The predicted octanol–water partition coefficient (Wildman–Crippen LogP) is 4.67. The van der Waals surface area contributed by atoms with E-state index < -0.39 is 0 Å². The van der Waals surface area contributed by atoms with E-state index in [9.17, 15) is 4.79 Å². The Labute approximate surface area is 137 Å². The van der Waals surface area contributed by atoms with Gasteiger partial charge in [0.2, 0.25) is 0 Å². The number of halogens is 2. The molecule has 19 heavy (non-hydrogen) atoms. The molecule has 3 aromatic rings. The zero-order valence-corrected chi connectivity index (χ0v) is 14.0. The predicted molar refractivity (Wildman–Crippen MR) is 93.4 cm³/mol. The summed E-state index contributed by atoms with van der Waals surface area (Å²) in [5.41, 5.74) is 1.57. The maximum absolute atomic E-state index is 12.2. The lowest BCUT2D eigenvalue weighted by Crippen LogP contribution is -2.01. The second-order valence-corrected chi connectivity index (χ2v) is 6.51. The van der Waals surface area contributed by atoms with Gasteiger partial charge in [0.25, 0.3) is 0 Å². The van der Waals surface area contributed by atoms with Crippen molar-refractivity contribution in [3.8, 4) is 11.3 Å². The highest BCUT2D eigenvalue weighted by molar-refractivity contribution is 14.1. The van der Waals surface area contributed by atoms with Crippen molar-refractivity contribution in [2.24, 2.45) is 0 Å². The Balaban J connectivity index is 2.34. The standard InChI is InChI=1S/C15H8I2O2/c16-10-6-11-13(18)8-14(9-4-2-1-3-5-9)19-15(11)12(17)7-10/h1-8H. The molecule has 0 aliphatic carbocycles. The van der Waals surface area contributed by atoms with Crippen molar-refractivity contribution >= 4 is 56.2 Å². The monoisotopic (exact) mass is 474 g/mol. The maximum Gasteiger partial charge on any atom is 0.193 e. The van der Waals surface area contributed by atoms with Gasteiger partial charge < -0.3 is 4.42 Å². The summed E-state index contributed by atoms with van der Waals surface area (Å²) in [6.07, 6.45) is 0. The summed E-state index contributed by atoms with van der Waals surface area (Å²) < 4.78 is 7.89. The molecule has 1 heterocycles. The van der Waals surface area contributed by atoms with Crippen molar-refractivity contribution in [1.29, 1.82) is 0 Å². The molecule has 0 bridgehead atoms. The van der Waals surface area contributed by atoms with Gasteiger partial charge in [-0.25, -0.2) is 0 Å². The van der Waals surface area contributed by atoms with E-state index in [0.717, 1.165) is 12.7 Å². The lowest BCUT2D eigenvalue weighted by molar-refractivity contribution is 0.616. The van der Waals surface area contributed by atoms with Crippen LogP contribution in [0.3, 0.4) is 0 Å². The Morgan fingerprint density at radius 3 is 2.42 bits per heavy atom. The fourth-order valence-corrected chi connectivity index (χ4v) is 3.88. The largest absolute Gasteiger partial charge is 0.455 e. The Bertz CT molecular complexity index is 807. The van der Waals surface area contributed by atoms with E-state index in [1.807, 2.05) is 42.5 Å². The van der Waals surface area contributed by atoms with Crippen LogP contribution in [-0.2, 0) is 0 Å². The average Bonchev–Trinajstić information content (AvgIpc) is 2.41. The first kappa shape index (κ1) is 13.1. The Morgan fingerprint density at radius 2 is 1.68 bits per heavy atom. The van der Waals surface area contributed by atoms with E-state index in [2.05, 4.69) is 45.2 Å². The maximum atomic E-state index is 12.2. The van der Waals surface area contributed by atoms with Crippen LogP contribution in [0.4, 0.5) is 0 Å². The average molecular weight is 474 g/mol. The molecule has 0 saturated heterocycles. The third kappa shape index (κ3) is 2.55. The van der Waals surface area contributed by atoms with Crippen LogP contribution in [0.1, 0.15) is 0 Å². The van der Waals surface area contributed by atoms with Gasteiger partial charge in [-0.2, -0.15) is 0 Å². The van der Waals surface area contributed by atoms with Crippen molar-refractivity contribution in [3.05, 3.63) is 65.9 Å². The minimum atomic E-state index is -0.00321. The molecule has 94 valence electrons. The summed E-state index contributed by atoms with van der Waals surface area (Å²) in [4.78, 5) is 12.2. The van der Waals surface area contributed by atoms with Crippen LogP contribution in [0.15, 0.2) is 57.7 Å². The summed E-state index contributed by atoms with van der Waals surface area (Å²) in [5.74, 6) is 0.609. The quantitative estimate of drug-likeness (QED) is 0.481. The molecule has 0 atom stereocenters. The second-order valence-electron chi connectivity index (χ2n) is 4.11. The summed E-state index contributed by atoms with van der Waals surface area (Å²) in [6, 6.07) is 15.1. The Hall–Kier alpha value is -0.890. The van der Waals surface area contributed by atoms with Gasteiger partial charge >= 0.3 is 0 Å². The zero-order chi connectivity index (χ0) is 13.4. The van der Waals surface area contributed by atoms with Gasteiger partial charge in [-0.1, -0.05) is 30.3 Å². The number of rotatable bonds is 1. The van der Waals surface area contributed by atoms with Crippen LogP contribution < -0.4 is 5.43 Å². The van der Waals surface area contributed by atoms with Crippen LogP contribution in [0.5, 0.6) is 0 Å². The van der Waals surface area contributed by atoms with E-state index in [0.29, 0.717) is 16.7 Å². The van der Waals surface area contributed by atoms with Gasteiger partial charge in [-0.15, -0.1) is 0 Å². The van der Waals surface area contributed by atoms with E-state index in [4.69, 9.17) is 4.42 Å². The van der Waals surface area contributed by atoms with Gasteiger partial charge in [0, 0.05) is 15.2 Å². The molecule has 2 nitrogen and oxygen atoms in total. The molecule has 1 aromatic heterocycles. The van der Waals surface area contributed by atoms with Crippen molar-refractivity contribution < 1.29 is 4.42 Å². The van der Waals surface area contributed by atoms with Crippen molar-refractivity contribution in [1.82, 2.24) is 0 Å². The molecule has 4 heteroatoms.